The average Bonchev–Trinajstić information content (AvgIpc) is 1.79. The molecule has 1 saturated carbocycles. The van der Waals surface area contributed by atoms with Crippen LogP contribution in [0.25, 0.3) is 0 Å². The highest BCUT2D eigenvalue weighted by Crippen LogP contribution is 2.31. The molecule has 0 radical (unpaired) electrons. The summed E-state index contributed by atoms with van der Waals surface area (Å²) in [6.07, 6.45) is 10.2. The van der Waals surface area contributed by atoms with Crippen LogP contribution in [0.5, 0.6) is 0 Å². The lowest BCUT2D eigenvalue weighted by Gasteiger charge is -2.29. The fraction of sp³-hybridized carbons (Fsp3) is 0.778. The van der Waals surface area contributed by atoms with Crippen molar-refractivity contribution in [1.82, 2.24) is 0 Å². The fourth-order valence-electron chi connectivity index (χ4n) is 1.29. The summed E-state index contributed by atoms with van der Waals surface area (Å²) in [6.45, 7) is 0. The van der Waals surface area contributed by atoms with Crippen molar-refractivity contribution in [2.75, 3.05) is 0 Å². The van der Waals surface area contributed by atoms with Gasteiger partial charge in [-0.3, -0.25) is 0 Å². The van der Waals surface area contributed by atoms with Crippen molar-refractivity contribution in [3.63, 3.8) is 0 Å². The van der Waals surface area contributed by atoms with E-state index in [0.717, 1.165) is 12.8 Å². The first-order valence-electron chi connectivity index (χ1n) is 3.96. The van der Waals surface area contributed by atoms with E-state index in [-0.39, 0.29) is 6.10 Å². The Hall–Kier alpha value is -0.480. The van der Waals surface area contributed by atoms with Crippen LogP contribution in [0.3, 0.4) is 0 Å². The maximum atomic E-state index is 9.40. The van der Waals surface area contributed by atoms with E-state index in [1.54, 1.807) is 0 Å². The molecule has 0 aromatic heterocycles. The number of aliphatic hydroxyl groups excluding tert-OH is 1. The van der Waals surface area contributed by atoms with Gasteiger partial charge in [-0.2, -0.15) is 0 Å². The Bertz CT molecular complexity index is 130. The lowest BCUT2D eigenvalue weighted by atomic mass is 9.80. The Kier molecular flexibility index (Phi) is 2.77. The molecule has 1 nitrogen and oxygen atoms in total. The third kappa shape index (κ3) is 1.75. The molecule has 1 rings (SSSR count). The van der Waals surface area contributed by atoms with Crippen molar-refractivity contribution in [3.8, 4) is 12.3 Å². The van der Waals surface area contributed by atoms with Crippen LogP contribution in [-0.2, 0) is 0 Å². The van der Waals surface area contributed by atoms with Gasteiger partial charge in [-0.15, -0.1) is 12.3 Å². The molecule has 1 fully saturated rings. The second-order valence-electron chi connectivity index (χ2n) is 3.00. The lowest BCUT2D eigenvalue weighted by molar-refractivity contribution is 0.0570. The number of rotatable bonds is 3. The third-order valence-electron chi connectivity index (χ3n) is 2.28. The Morgan fingerprint density at radius 1 is 1.60 bits per heavy atom. The molecule has 56 valence electrons. The molecule has 1 N–H and O–H groups in total. The summed E-state index contributed by atoms with van der Waals surface area (Å²) in [5.74, 6) is 3.10. The SMILES string of the molecule is C#CCCC(O)C1CCC1. The van der Waals surface area contributed by atoms with Crippen LogP contribution in [0, 0.1) is 18.3 Å². The molecule has 0 aliphatic heterocycles. The number of hydrogen-bond acceptors (Lipinski definition) is 1. The zero-order valence-electron chi connectivity index (χ0n) is 6.21. The summed E-state index contributed by atoms with van der Waals surface area (Å²) in [5, 5.41) is 9.40. The van der Waals surface area contributed by atoms with Gasteiger partial charge in [0.15, 0.2) is 0 Å². The smallest absolute Gasteiger partial charge is 0.0577 e. The van der Waals surface area contributed by atoms with Crippen LogP contribution in [0.15, 0.2) is 0 Å². The van der Waals surface area contributed by atoms with Gasteiger partial charge in [0, 0.05) is 6.42 Å². The van der Waals surface area contributed by atoms with Crippen LogP contribution < -0.4 is 0 Å². The molecule has 0 aromatic carbocycles. The number of terminal acetylenes is 1. The summed E-state index contributed by atoms with van der Waals surface area (Å²) >= 11 is 0. The summed E-state index contributed by atoms with van der Waals surface area (Å²) in [5.41, 5.74) is 0. The first-order valence-corrected chi connectivity index (χ1v) is 3.96. The van der Waals surface area contributed by atoms with Crippen LogP contribution in [0.4, 0.5) is 0 Å². The van der Waals surface area contributed by atoms with Gasteiger partial charge in [0.05, 0.1) is 6.10 Å². The molecule has 1 heteroatoms. The Labute approximate surface area is 62.4 Å². The highest BCUT2D eigenvalue weighted by atomic mass is 16.3. The molecular weight excluding hydrogens is 124 g/mol. The predicted molar refractivity (Wildman–Crippen MR) is 41.4 cm³/mol. The Balaban J connectivity index is 2.09. The van der Waals surface area contributed by atoms with Crippen molar-refractivity contribution < 1.29 is 5.11 Å². The molecule has 10 heavy (non-hydrogen) atoms. The summed E-state index contributed by atoms with van der Waals surface area (Å²) in [7, 11) is 0. The molecule has 1 aliphatic rings. The van der Waals surface area contributed by atoms with E-state index in [4.69, 9.17) is 6.42 Å². The van der Waals surface area contributed by atoms with E-state index in [1.807, 2.05) is 0 Å². The second-order valence-corrected chi connectivity index (χ2v) is 3.00. The van der Waals surface area contributed by atoms with E-state index in [1.165, 1.54) is 19.3 Å². The van der Waals surface area contributed by atoms with Crippen LogP contribution in [0.2, 0.25) is 0 Å². The summed E-state index contributed by atoms with van der Waals surface area (Å²) in [4.78, 5) is 0. The molecule has 0 bridgehead atoms. The van der Waals surface area contributed by atoms with Gasteiger partial charge in [-0.05, 0) is 25.2 Å². The number of hydrogen-bond donors (Lipinski definition) is 1. The molecule has 0 aromatic rings. The number of aliphatic hydroxyl groups is 1. The van der Waals surface area contributed by atoms with Gasteiger partial charge < -0.3 is 5.11 Å². The van der Waals surface area contributed by atoms with Gasteiger partial charge in [0.2, 0.25) is 0 Å². The first-order chi connectivity index (χ1) is 4.84. The molecule has 1 atom stereocenters. The average molecular weight is 138 g/mol. The maximum Gasteiger partial charge on any atom is 0.0577 e. The van der Waals surface area contributed by atoms with Crippen molar-refractivity contribution in [2.24, 2.45) is 5.92 Å². The molecule has 0 heterocycles. The van der Waals surface area contributed by atoms with Crippen LogP contribution >= 0.6 is 0 Å². The highest BCUT2D eigenvalue weighted by Gasteiger charge is 2.24. The maximum absolute atomic E-state index is 9.40. The first kappa shape index (κ1) is 7.63. The van der Waals surface area contributed by atoms with Gasteiger partial charge in [0.25, 0.3) is 0 Å². The minimum Gasteiger partial charge on any atom is -0.393 e. The van der Waals surface area contributed by atoms with Gasteiger partial charge in [-0.1, -0.05) is 6.42 Å². The normalized spacial score (nSPS) is 21.2. The zero-order chi connectivity index (χ0) is 7.40. The van der Waals surface area contributed by atoms with E-state index in [0.29, 0.717) is 5.92 Å². The lowest BCUT2D eigenvalue weighted by Crippen LogP contribution is -2.26. The van der Waals surface area contributed by atoms with Crippen LogP contribution in [0.1, 0.15) is 32.1 Å². The predicted octanol–water partition coefficient (Wildman–Crippen LogP) is 1.56. The zero-order valence-corrected chi connectivity index (χ0v) is 6.21. The van der Waals surface area contributed by atoms with Gasteiger partial charge in [0.1, 0.15) is 0 Å². The molecule has 0 amide bonds. The van der Waals surface area contributed by atoms with E-state index < -0.39 is 0 Å². The largest absolute Gasteiger partial charge is 0.393 e. The van der Waals surface area contributed by atoms with Crippen molar-refractivity contribution in [2.45, 2.75) is 38.2 Å². The molecule has 1 unspecified atom stereocenters. The fourth-order valence-corrected chi connectivity index (χ4v) is 1.29. The minimum absolute atomic E-state index is 0.121. The van der Waals surface area contributed by atoms with Crippen molar-refractivity contribution in [3.05, 3.63) is 0 Å². The van der Waals surface area contributed by atoms with Crippen molar-refractivity contribution in [1.29, 1.82) is 0 Å². The van der Waals surface area contributed by atoms with Crippen LogP contribution in [-0.4, -0.2) is 11.2 Å². The van der Waals surface area contributed by atoms with Crippen molar-refractivity contribution >= 4 is 0 Å². The Morgan fingerprint density at radius 2 is 2.30 bits per heavy atom. The molecule has 0 spiro atoms. The minimum atomic E-state index is -0.121. The molecule has 1 aliphatic carbocycles. The van der Waals surface area contributed by atoms with Gasteiger partial charge in [-0.25, -0.2) is 0 Å². The quantitative estimate of drug-likeness (QED) is 0.587. The van der Waals surface area contributed by atoms with Gasteiger partial charge >= 0.3 is 0 Å². The topological polar surface area (TPSA) is 20.2 Å². The van der Waals surface area contributed by atoms with E-state index in [2.05, 4.69) is 5.92 Å². The summed E-state index contributed by atoms with van der Waals surface area (Å²) in [6, 6.07) is 0. The molecule has 0 saturated heterocycles. The van der Waals surface area contributed by atoms with E-state index in [9.17, 15) is 5.11 Å². The monoisotopic (exact) mass is 138 g/mol. The van der Waals surface area contributed by atoms with E-state index >= 15 is 0 Å². The third-order valence-corrected chi connectivity index (χ3v) is 2.28. The molecular formula is C9H14O. The standard InChI is InChI=1S/C9H14O/c1-2-3-7-9(10)8-5-4-6-8/h1,8-10H,3-7H2. The second kappa shape index (κ2) is 3.63. The summed E-state index contributed by atoms with van der Waals surface area (Å²) < 4.78 is 0. The highest BCUT2D eigenvalue weighted by molar-refractivity contribution is 4.86. The Morgan fingerprint density at radius 3 is 2.70 bits per heavy atom.